The molecule has 0 aliphatic carbocycles. The first-order valence-electron chi connectivity index (χ1n) is 5.28. The van der Waals surface area contributed by atoms with Crippen LogP contribution in [0.2, 0.25) is 0 Å². The van der Waals surface area contributed by atoms with Gasteiger partial charge in [0.05, 0.1) is 10.6 Å². The van der Waals surface area contributed by atoms with Crippen LogP contribution < -0.4 is 0 Å². The number of carbonyl (C=O) groups is 1. The summed E-state index contributed by atoms with van der Waals surface area (Å²) in [6, 6.07) is 7.66. The maximum Gasteiger partial charge on any atom is 0.152 e. The molecule has 1 aromatic carbocycles. The second-order valence-corrected chi connectivity index (χ2v) is 5.13. The van der Waals surface area contributed by atoms with Gasteiger partial charge < -0.3 is 0 Å². The van der Waals surface area contributed by atoms with Crippen LogP contribution in [0.1, 0.15) is 16.0 Å². The van der Waals surface area contributed by atoms with Crippen LogP contribution in [-0.2, 0) is 4.79 Å². The lowest BCUT2D eigenvalue weighted by atomic mass is 10.1. The lowest BCUT2D eigenvalue weighted by molar-refractivity contribution is -0.103. The summed E-state index contributed by atoms with van der Waals surface area (Å²) in [5.74, 6) is -0.331. The second-order valence-electron chi connectivity index (χ2n) is 3.84. The van der Waals surface area contributed by atoms with Crippen LogP contribution in [-0.4, -0.2) is 6.29 Å². The van der Waals surface area contributed by atoms with Gasteiger partial charge in [0.2, 0.25) is 0 Å². The van der Waals surface area contributed by atoms with Gasteiger partial charge in [0, 0.05) is 4.88 Å². The zero-order chi connectivity index (χ0) is 13.1. The minimum absolute atomic E-state index is 0.331. The molecule has 2 rings (SSSR count). The first-order chi connectivity index (χ1) is 8.61. The number of rotatable bonds is 3. The predicted molar refractivity (Wildman–Crippen MR) is 74.2 cm³/mol. The molecule has 1 nitrogen and oxygen atoms in total. The van der Waals surface area contributed by atoms with Crippen LogP contribution in [0.5, 0.6) is 0 Å². The van der Waals surface area contributed by atoms with E-state index in [9.17, 15) is 9.18 Å². The summed E-state index contributed by atoms with van der Waals surface area (Å²) in [4.78, 5) is 12.0. The quantitative estimate of drug-likeness (QED) is 0.597. The van der Waals surface area contributed by atoms with E-state index in [0.717, 1.165) is 16.7 Å². The van der Waals surface area contributed by atoms with E-state index in [2.05, 4.69) is 0 Å². The summed E-state index contributed by atoms with van der Waals surface area (Å²) >= 11 is 7.66. The molecule has 0 amide bonds. The van der Waals surface area contributed by atoms with Crippen LogP contribution in [0.4, 0.5) is 4.39 Å². The first-order valence-corrected chi connectivity index (χ1v) is 6.54. The highest BCUT2D eigenvalue weighted by molar-refractivity contribution is 7.11. The topological polar surface area (TPSA) is 17.1 Å². The molecule has 1 aromatic heterocycles. The van der Waals surface area contributed by atoms with E-state index in [1.165, 1.54) is 23.5 Å². The number of aldehydes is 1. The molecule has 2 aromatic rings. The Morgan fingerprint density at radius 2 is 2.00 bits per heavy atom. The van der Waals surface area contributed by atoms with Gasteiger partial charge in [0.1, 0.15) is 5.82 Å². The standard InChI is InChI=1S/C14H10ClFOS/c1-9-6-13(18-8-9)12(7-17)14(15)10-2-4-11(16)5-3-10/h2-8H,1H3. The molecular weight excluding hydrogens is 271 g/mol. The molecule has 0 fully saturated rings. The zero-order valence-corrected chi connectivity index (χ0v) is 11.2. The van der Waals surface area contributed by atoms with Crippen molar-refractivity contribution in [2.45, 2.75) is 6.92 Å². The van der Waals surface area contributed by atoms with E-state index in [-0.39, 0.29) is 5.82 Å². The summed E-state index contributed by atoms with van der Waals surface area (Å²) in [6.45, 7) is 1.95. The molecule has 0 radical (unpaired) electrons. The van der Waals surface area contributed by atoms with Crippen LogP contribution >= 0.6 is 22.9 Å². The van der Waals surface area contributed by atoms with Gasteiger partial charge in [-0.05, 0) is 41.6 Å². The van der Waals surface area contributed by atoms with E-state index >= 15 is 0 Å². The van der Waals surface area contributed by atoms with Crippen molar-refractivity contribution in [3.63, 3.8) is 0 Å². The Bertz CT molecular complexity index is 599. The van der Waals surface area contributed by atoms with Crippen molar-refractivity contribution in [2.75, 3.05) is 0 Å². The smallest absolute Gasteiger partial charge is 0.152 e. The van der Waals surface area contributed by atoms with Crippen molar-refractivity contribution in [3.8, 4) is 0 Å². The number of benzene rings is 1. The average Bonchev–Trinajstić information content (AvgIpc) is 2.77. The van der Waals surface area contributed by atoms with Crippen molar-refractivity contribution < 1.29 is 9.18 Å². The Balaban J connectivity index is 2.49. The van der Waals surface area contributed by atoms with Gasteiger partial charge in [0.15, 0.2) is 6.29 Å². The molecule has 0 atom stereocenters. The fourth-order valence-corrected chi connectivity index (χ4v) is 2.78. The highest BCUT2D eigenvalue weighted by Crippen LogP contribution is 2.31. The molecule has 0 aliphatic heterocycles. The Kier molecular flexibility index (Phi) is 3.94. The van der Waals surface area contributed by atoms with Crippen molar-refractivity contribution in [1.82, 2.24) is 0 Å². The van der Waals surface area contributed by atoms with Gasteiger partial charge in [-0.2, -0.15) is 0 Å². The van der Waals surface area contributed by atoms with Crippen molar-refractivity contribution in [2.24, 2.45) is 0 Å². The molecule has 0 N–H and O–H groups in total. The minimum atomic E-state index is -0.331. The van der Waals surface area contributed by atoms with E-state index in [1.807, 2.05) is 18.4 Å². The fraction of sp³-hybridized carbons (Fsp3) is 0.0714. The van der Waals surface area contributed by atoms with E-state index in [4.69, 9.17) is 11.6 Å². The third-order valence-corrected chi connectivity index (χ3v) is 3.95. The predicted octanol–water partition coefficient (Wildman–Crippen LogP) is 4.50. The van der Waals surface area contributed by atoms with Crippen molar-refractivity contribution in [1.29, 1.82) is 0 Å². The van der Waals surface area contributed by atoms with Crippen LogP contribution in [0.15, 0.2) is 35.7 Å². The number of hydrogen-bond donors (Lipinski definition) is 0. The number of carbonyl (C=O) groups excluding carboxylic acids is 1. The normalized spacial score (nSPS) is 12.2. The average molecular weight is 281 g/mol. The molecule has 0 unspecified atom stereocenters. The number of halogens is 2. The maximum atomic E-state index is 12.8. The van der Waals surface area contributed by atoms with Gasteiger partial charge >= 0.3 is 0 Å². The number of thiophene rings is 1. The van der Waals surface area contributed by atoms with Crippen molar-refractivity contribution in [3.05, 3.63) is 57.5 Å². The molecule has 0 saturated carbocycles. The van der Waals surface area contributed by atoms with Crippen LogP contribution in [0.3, 0.4) is 0 Å². The van der Waals surface area contributed by atoms with Gasteiger partial charge in [-0.25, -0.2) is 4.39 Å². The molecule has 18 heavy (non-hydrogen) atoms. The minimum Gasteiger partial charge on any atom is -0.298 e. The van der Waals surface area contributed by atoms with E-state index in [0.29, 0.717) is 16.2 Å². The summed E-state index contributed by atoms with van der Waals surface area (Å²) in [5.41, 5.74) is 2.14. The Morgan fingerprint density at radius 3 is 2.50 bits per heavy atom. The third kappa shape index (κ3) is 2.68. The number of aryl methyl sites for hydroxylation is 1. The number of hydrogen-bond acceptors (Lipinski definition) is 2. The summed E-state index contributed by atoms with van der Waals surface area (Å²) in [7, 11) is 0. The monoisotopic (exact) mass is 280 g/mol. The van der Waals surface area contributed by atoms with Gasteiger partial charge in [-0.15, -0.1) is 11.3 Å². The van der Waals surface area contributed by atoms with Crippen LogP contribution in [0.25, 0.3) is 10.6 Å². The maximum absolute atomic E-state index is 12.8. The van der Waals surface area contributed by atoms with Crippen molar-refractivity contribution >= 4 is 39.8 Å². The molecule has 1 heterocycles. The largest absolute Gasteiger partial charge is 0.298 e. The first kappa shape index (κ1) is 13.0. The lowest BCUT2D eigenvalue weighted by Crippen LogP contribution is -1.87. The SMILES string of the molecule is Cc1csc(C(C=O)=C(Cl)c2ccc(F)cc2)c1. The van der Waals surface area contributed by atoms with Crippen LogP contribution in [0, 0.1) is 12.7 Å². The summed E-state index contributed by atoms with van der Waals surface area (Å²) in [5, 5.41) is 2.29. The molecule has 92 valence electrons. The van der Waals surface area contributed by atoms with Gasteiger partial charge in [-0.1, -0.05) is 23.7 Å². The molecule has 0 bridgehead atoms. The molecule has 0 spiro atoms. The van der Waals surface area contributed by atoms with Gasteiger partial charge in [0.25, 0.3) is 0 Å². The van der Waals surface area contributed by atoms with E-state index < -0.39 is 0 Å². The number of allylic oxidation sites excluding steroid dienone is 1. The molecule has 0 aliphatic rings. The lowest BCUT2D eigenvalue weighted by Gasteiger charge is -2.03. The zero-order valence-electron chi connectivity index (χ0n) is 9.61. The second kappa shape index (κ2) is 5.46. The fourth-order valence-electron chi connectivity index (χ4n) is 1.54. The van der Waals surface area contributed by atoms with Gasteiger partial charge in [-0.3, -0.25) is 4.79 Å². The molecule has 4 heteroatoms. The summed E-state index contributed by atoms with van der Waals surface area (Å²) in [6.07, 6.45) is 0.733. The summed E-state index contributed by atoms with van der Waals surface area (Å²) < 4.78 is 12.8. The molecule has 0 saturated heterocycles. The Hall–Kier alpha value is -1.45. The highest BCUT2D eigenvalue weighted by atomic mass is 35.5. The third-order valence-electron chi connectivity index (χ3n) is 2.45. The molecular formula is C14H10ClFOS. The highest BCUT2D eigenvalue weighted by Gasteiger charge is 2.11. The van der Waals surface area contributed by atoms with E-state index in [1.54, 1.807) is 12.1 Å². The Morgan fingerprint density at radius 1 is 1.33 bits per heavy atom. The Labute approximate surface area is 114 Å².